The average molecular weight is 252 g/mol. The maximum Gasteiger partial charge on any atom is 0.233 e. The molecule has 0 atom stereocenters. The Bertz CT molecular complexity index is 464. The van der Waals surface area contributed by atoms with Crippen molar-refractivity contribution in [1.82, 2.24) is 4.90 Å². The van der Waals surface area contributed by atoms with Crippen molar-refractivity contribution < 1.29 is 9.90 Å². The summed E-state index contributed by atoms with van der Waals surface area (Å²) >= 11 is 5.97. The number of amides is 1. The van der Waals surface area contributed by atoms with Crippen molar-refractivity contribution in [3.05, 3.63) is 34.9 Å². The van der Waals surface area contributed by atoms with E-state index in [4.69, 9.17) is 11.6 Å². The molecule has 1 aromatic carbocycles. The van der Waals surface area contributed by atoms with Crippen molar-refractivity contribution in [1.29, 1.82) is 0 Å². The predicted octanol–water partition coefficient (Wildman–Crippen LogP) is 1.57. The lowest BCUT2D eigenvalue weighted by molar-refractivity contribution is -0.144. The van der Waals surface area contributed by atoms with Gasteiger partial charge in [-0.05, 0) is 30.5 Å². The summed E-state index contributed by atoms with van der Waals surface area (Å²) in [7, 11) is 0. The van der Waals surface area contributed by atoms with E-state index in [1.54, 1.807) is 4.90 Å². The van der Waals surface area contributed by atoms with Gasteiger partial charge in [0.05, 0.1) is 11.5 Å². The zero-order chi connectivity index (χ0) is 12.0. The molecule has 2 fully saturated rings. The number of carbonyl (C=O) groups excluding carboxylic acids is 1. The molecule has 0 aromatic heterocycles. The van der Waals surface area contributed by atoms with Gasteiger partial charge in [0.15, 0.2) is 0 Å². The van der Waals surface area contributed by atoms with Gasteiger partial charge in [0.2, 0.25) is 5.91 Å². The third kappa shape index (κ3) is 1.74. The largest absolute Gasteiger partial charge is 0.389 e. The molecule has 1 amide bonds. The quantitative estimate of drug-likeness (QED) is 0.867. The lowest BCUT2D eigenvalue weighted by Gasteiger charge is -2.38. The van der Waals surface area contributed by atoms with Gasteiger partial charge in [-0.2, -0.15) is 0 Å². The van der Waals surface area contributed by atoms with Crippen molar-refractivity contribution in [3.63, 3.8) is 0 Å². The number of rotatable bonds is 2. The van der Waals surface area contributed by atoms with Crippen molar-refractivity contribution in [2.75, 3.05) is 13.1 Å². The van der Waals surface area contributed by atoms with E-state index in [0.717, 1.165) is 18.4 Å². The minimum atomic E-state index is -0.356. The monoisotopic (exact) mass is 251 g/mol. The number of aliphatic hydroxyl groups excluding tert-OH is 1. The number of halogens is 1. The second kappa shape index (κ2) is 3.72. The van der Waals surface area contributed by atoms with E-state index in [2.05, 4.69) is 0 Å². The van der Waals surface area contributed by atoms with E-state index >= 15 is 0 Å². The van der Waals surface area contributed by atoms with Gasteiger partial charge in [-0.15, -0.1) is 0 Å². The van der Waals surface area contributed by atoms with Gasteiger partial charge in [-0.1, -0.05) is 23.7 Å². The molecular formula is C13H14ClNO2. The molecule has 1 saturated heterocycles. The fraction of sp³-hybridized carbons (Fsp3) is 0.462. The normalized spacial score (nSPS) is 22.1. The number of benzene rings is 1. The second-order valence-electron chi connectivity index (χ2n) is 4.96. The van der Waals surface area contributed by atoms with Crippen LogP contribution in [0.1, 0.15) is 18.4 Å². The van der Waals surface area contributed by atoms with Crippen LogP contribution >= 0.6 is 11.6 Å². The Morgan fingerprint density at radius 1 is 1.41 bits per heavy atom. The van der Waals surface area contributed by atoms with Crippen LogP contribution in [0.15, 0.2) is 24.3 Å². The van der Waals surface area contributed by atoms with Gasteiger partial charge in [-0.3, -0.25) is 4.79 Å². The van der Waals surface area contributed by atoms with E-state index in [9.17, 15) is 9.90 Å². The molecule has 4 heteroatoms. The number of β-amino-alcohol motifs (C(OH)–C–C–N with tert-alkyl or cyclic N) is 1. The molecule has 0 spiro atoms. The number of carbonyl (C=O) groups is 1. The van der Waals surface area contributed by atoms with E-state index in [1.165, 1.54) is 0 Å². The maximum atomic E-state index is 12.3. The van der Waals surface area contributed by atoms with Gasteiger partial charge in [0, 0.05) is 18.1 Å². The zero-order valence-electron chi connectivity index (χ0n) is 9.40. The first-order valence-corrected chi connectivity index (χ1v) is 6.23. The highest BCUT2D eigenvalue weighted by atomic mass is 35.5. The fourth-order valence-corrected chi connectivity index (χ4v) is 2.65. The molecule has 1 saturated carbocycles. The van der Waals surface area contributed by atoms with Crippen LogP contribution in [0.4, 0.5) is 0 Å². The number of aliphatic hydroxyl groups is 1. The van der Waals surface area contributed by atoms with Crippen LogP contribution in [0.3, 0.4) is 0 Å². The highest BCUT2D eigenvalue weighted by molar-refractivity contribution is 6.30. The molecule has 2 aliphatic rings. The molecular weight excluding hydrogens is 238 g/mol. The van der Waals surface area contributed by atoms with E-state index in [0.29, 0.717) is 18.1 Å². The summed E-state index contributed by atoms with van der Waals surface area (Å²) in [6.45, 7) is 0.947. The molecule has 0 bridgehead atoms. The molecule has 17 heavy (non-hydrogen) atoms. The molecule has 3 nitrogen and oxygen atoms in total. The third-order valence-electron chi connectivity index (χ3n) is 3.69. The van der Waals surface area contributed by atoms with E-state index in [1.807, 2.05) is 24.3 Å². The van der Waals surface area contributed by atoms with Gasteiger partial charge in [-0.25, -0.2) is 0 Å². The summed E-state index contributed by atoms with van der Waals surface area (Å²) in [5.41, 5.74) is 0.654. The number of hydrogen-bond donors (Lipinski definition) is 1. The first-order valence-electron chi connectivity index (χ1n) is 5.85. The Morgan fingerprint density at radius 3 is 2.65 bits per heavy atom. The Labute approximate surface area is 105 Å². The van der Waals surface area contributed by atoms with Crippen molar-refractivity contribution in [2.24, 2.45) is 0 Å². The first kappa shape index (κ1) is 11.1. The van der Waals surface area contributed by atoms with Gasteiger partial charge in [0.1, 0.15) is 0 Å². The zero-order valence-corrected chi connectivity index (χ0v) is 10.2. The number of nitrogens with zero attached hydrogens (tertiary/aromatic N) is 1. The van der Waals surface area contributed by atoms with Gasteiger partial charge >= 0.3 is 0 Å². The SMILES string of the molecule is O=C(N1CC(O)C1)C1(c2cccc(Cl)c2)CC1. The highest BCUT2D eigenvalue weighted by Gasteiger charge is 2.54. The second-order valence-corrected chi connectivity index (χ2v) is 5.39. The van der Waals surface area contributed by atoms with Crippen LogP contribution in [0, 0.1) is 0 Å². The standard InChI is InChI=1S/C13H14ClNO2/c14-10-3-1-2-9(6-10)13(4-5-13)12(17)15-7-11(16)8-15/h1-3,6,11,16H,4-5,7-8H2. The summed E-state index contributed by atoms with van der Waals surface area (Å²) < 4.78 is 0. The summed E-state index contributed by atoms with van der Waals surface area (Å²) in [5.74, 6) is 0.144. The summed E-state index contributed by atoms with van der Waals surface area (Å²) in [4.78, 5) is 14.1. The molecule has 0 unspecified atom stereocenters. The minimum Gasteiger partial charge on any atom is -0.389 e. The molecule has 1 N–H and O–H groups in total. The molecule has 3 rings (SSSR count). The van der Waals surface area contributed by atoms with Crippen LogP contribution in [0.2, 0.25) is 5.02 Å². The van der Waals surface area contributed by atoms with Crippen LogP contribution in [-0.4, -0.2) is 35.1 Å². The number of likely N-dealkylation sites (tertiary alicyclic amines) is 1. The van der Waals surface area contributed by atoms with Crippen LogP contribution in [0.25, 0.3) is 0 Å². The molecule has 1 heterocycles. The van der Waals surface area contributed by atoms with Gasteiger partial charge < -0.3 is 10.0 Å². The Balaban J connectivity index is 1.84. The third-order valence-corrected chi connectivity index (χ3v) is 3.92. The van der Waals surface area contributed by atoms with Crippen LogP contribution in [-0.2, 0) is 10.2 Å². The van der Waals surface area contributed by atoms with Crippen molar-refractivity contribution >= 4 is 17.5 Å². The summed E-state index contributed by atoms with van der Waals surface area (Å²) in [5, 5.41) is 9.92. The predicted molar refractivity (Wildman–Crippen MR) is 65.0 cm³/mol. The Morgan fingerprint density at radius 2 is 2.12 bits per heavy atom. The van der Waals surface area contributed by atoms with Crippen LogP contribution < -0.4 is 0 Å². The summed E-state index contributed by atoms with van der Waals surface area (Å²) in [6, 6.07) is 7.55. The lowest BCUT2D eigenvalue weighted by Crippen LogP contribution is -2.56. The smallest absolute Gasteiger partial charge is 0.233 e. The van der Waals surface area contributed by atoms with Crippen LogP contribution in [0.5, 0.6) is 0 Å². The minimum absolute atomic E-state index is 0.144. The van der Waals surface area contributed by atoms with Crippen molar-refractivity contribution in [3.8, 4) is 0 Å². The van der Waals surface area contributed by atoms with Gasteiger partial charge in [0.25, 0.3) is 0 Å². The van der Waals surface area contributed by atoms with E-state index < -0.39 is 0 Å². The summed E-state index contributed by atoms with van der Waals surface area (Å²) in [6.07, 6.45) is 1.44. The molecule has 0 radical (unpaired) electrons. The topological polar surface area (TPSA) is 40.5 Å². The lowest BCUT2D eigenvalue weighted by atomic mass is 9.93. The molecule has 1 aliphatic carbocycles. The Kier molecular flexibility index (Phi) is 2.42. The molecule has 1 aromatic rings. The van der Waals surface area contributed by atoms with E-state index in [-0.39, 0.29) is 17.4 Å². The first-order chi connectivity index (χ1) is 8.12. The molecule has 1 aliphatic heterocycles. The van der Waals surface area contributed by atoms with Crippen molar-refractivity contribution in [2.45, 2.75) is 24.4 Å². The Hall–Kier alpha value is -1.06. The molecule has 90 valence electrons. The highest BCUT2D eigenvalue weighted by Crippen LogP contribution is 2.50. The maximum absolute atomic E-state index is 12.3. The fourth-order valence-electron chi connectivity index (χ4n) is 2.46. The average Bonchev–Trinajstić information content (AvgIpc) is 3.05. The number of hydrogen-bond acceptors (Lipinski definition) is 2.